The highest BCUT2D eigenvalue weighted by Crippen LogP contribution is 2.22. The molecule has 2 aromatic rings. The molecule has 1 atom stereocenters. The van der Waals surface area contributed by atoms with E-state index in [4.69, 9.17) is 0 Å². The smallest absolute Gasteiger partial charge is 0.140 e. The van der Waals surface area contributed by atoms with Gasteiger partial charge in [-0.25, -0.2) is 4.39 Å². The summed E-state index contributed by atoms with van der Waals surface area (Å²) in [5, 5.41) is 0. The SMILES string of the molecule is CN(C)C(C=O)(Cc1ccccc1)Cc1ccc(F)cc1. The summed E-state index contributed by atoms with van der Waals surface area (Å²) >= 11 is 0. The van der Waals surface area contributed by atoms with Crippen molar-refractivity contribution in [2.75, 3.05) is 14.1 Å². The van der Waals surface area contributed by atoms with E-state index in [9.17, 15) is 9.18 Å². The molecule has 2 nitrogen and oxygen atoms in total. The monoisotopic (exact) mass is 285 g/mol. The molecule has 0 heterocycles. The number of hydrogen-bond donors (Lipinski definition) is 0. The lowest BCUT2D eigenvalue weighted by Gasteiger charge is -2.35. The van der Waals surface area contributed by atoms with Gasteiger partial charge in [0.05, 0.1) is 5.54 Å². The van der Waals surface area contributed by atoms with Crippen LogP contribution in [0.25, 0.3) is 0 Å². The van der Waals surface area contributed by atoms with Crippen molar-refractivity contribution in [3.8, 4) is 0 Å². The van der Waals surface area contributed by atoms with E-state index < -0.39 is 5.54 Å². The average Bonchev–Trinajstić information content (AvgIpc) is 2.49. The minimum Gasteiger partial charge on any atom is -0.301 e. The fourth-order valence-electron chi connectivity index (χ4n) is 2.47. The summed E-state index contributed by atoms with van der Waals surface area (Å²) in [4.78, 5) is 13.8. The molecule has 0 radical (unpaired) electrons. The normalized spacial score (nSPS) is 13.9. The van der Waals surface area contributed by atoms with Gasteiger partial charge < -0.3 is 4.79 Å². The highest BCUT2D eigenvalue weighted by atomic mass is 19.1. The fraction of sp³-hybridized carbons (Fsp3) is 0.278. The number of halogens is 1. The Balaban J connectivity index is 2.28. The zero-order valence-electron chi connectivity index (χ0n) is 12.4. The molecule has 21 heavy (non-hydrogen) atoms. The Labute approximate surface area is 125 Å². The van der Waals surface area contributed by atoms with Crippen molar-refractivity contribution in [1.82, 2.24) is 4.90 Å². The van der Waals surface area contributed by atoms with Gasteiger partial charge >= 0.3 is 0 Å². The second-order valence-corrected chi connectivity index (χ2v) is 5.58. The zero-order chi connectivity index (χ0) is 15.3. The van der Waals surface area contributed by atoms with Gasteiger partial charge in [-0.1, -0.05) is 42.5 Å². The lowest BCUT2D eigenvalue weighted by atomic mass is 9.85. The summed E-state index contributed by atoms with van der Waals surface area (Å²) in [5.41, 5.74) is 1.44. The van der Waals surface area contributed by atoms with Crippen molar-refractivity contribution < 1.29 is 9.18 Å². The Morgan fingerprint density at radius 1 is 0.952 bits per heavy atom. The summed E-state index contributed by atoms with van der Waals surface area (Å²) in [7, 11) is 3.81. The third kappa shape index (κ3) is 3.76. The quantitative estimate of drug-likeness (QED) is 0.760. The zero-order valence-corrected chi connectivity index (χ0v) is 12.4. The summed E-state index contributed by atoms with van der Waals surface area (Å²) in [6.07, 6.45) is 2.18. The topological polar surface area (TPSA) is 20.3 Å². The summed E-state index contributed by atoms with van der Waals surface area (Å²) < 4.78 is 13.0. The molecule has 0 spiro atoms. The molecule has 0 aliphatic rings. The van der Waals surface area contributed by atoms with Crippen LogP contribution in [0.3, 0.4) is 0 Å². The molecule has 0 fully saturated rings. The first-order chi connectivity index (χ1) is 10.1. The van der Waals surface area contributed by atoms with E-state index in [-0.39, 0.29) is 5.82 Å². The second kappa shape index (κ2) is 6.64. The molecular formula is C18H20FNO. The van der Waals surface area contributed by atoms with Gasteiger partial charge in [0.15, 0.2) is 0 Å². The van der Waals surface area contributed by atoms with E-state index in [1.165, 1.54) is 12.1 Å². The second-order valence-electron chi connectivity index (χ2n) is 5.58. The molecule has 3 heteroatoms. The van der Waals surface area contributed by atoms with E-state index in [1.807, 2.05) is 49.3 Å². The molecule has 2 aromatic carbocycles. The van der Waals surface area contributed by atoms with Gasteiger partial charge in [0.2, 0.25) is 0 Å². The number of carbonyl (C=O) groups is 1. The van der Waals surface area contributed by atoms with Gasteiger partial charge in [-0.2, -0.15) is 0 Å². The molecule has 2 rings (SSSR count). The van der Waals surface area contributed by atoms with Crippen LogP contribution in [0.5, 0.6) is 0 Å². The first-order valence-electron chi connectivity index (χ1n) is 6.98. The van der Waals surface area contributed by atoms with Crippen LogP contribution in [0.2, 0.25) is 0 Å². The van der Waals surface area contributed by atoms with Crippen LogP contribution in [0.4, 0.5) is 4.39 Å². The fourth-order valence-corrected chi connectivity index (χ4v) is 2.47. The molecule has 1 unspecified atom stereocenters. The van der Waals surface area contributed by atoms with E-state index >= 15 is 0 Å². The van der Waals surface area contributed by atoms with Gasteiger partial charge in [0.25, 0.3) is 0 Å². The van der Waals surface area contributed by atoms with Crippen LogP contribution >= 0.6 is 0 Å². The largest absolute Gasteiger partial charge is 0.301 e. The van der Waals surface area contributed by atoms with Gasteiger partial charge in [-0.15, -0.1) is 0 Å². The minimum absolute atomic E-state index is 0.261. The van der Waals surface area contributed by atoms with E-state index in [1.54, 1.807) is 12.1 Å². The van der Waals surface area contributed by atoms with Gasteiger partial charge in [-0.3, -0.25) is 4.90 Å². The first-order valence-corrected chi connectivity index (χ1v) is 6.98. The molecule has 0 N–H and O–H groups in total. The van der Waals surface area contributed by atoms with Crippen LogP contribution in [0.1, 0.15) is 11.1 Å². The van der Waals surface area contributed by atoms with Crippen molar-refractivity contribution in [2.24, 2.45) is 0 Å². The van der Waals surface area contributed by atoms with Crippen LogP contribution < -0.4 is 0 Å². The first kappa shape index (κ1) is 15.4. The summed E-state index contributed by atoms with van der Waals surface area (Å²) in [6.45, 7) is 0. The molecule has 0 amide bonds. The Morgan fingerprint density at radius 2 is 1.48 bits per heavy atom. The maximum Gasteiger partial charge on any atom is 0.140 e. The van der Waals surface area contributed by atoms with E-state index in [0.717, 1.165) is 17.4 Å². The standard InChI is InChI=1S/C18H20FNO/c1-20(2)18(14-21,12-15-6-4-3-5-7-15)13-16-8-10-17(19)11-9-16/h3-11,14H,12-13H2,1-2H3. The molecule has 0 bridgehead atoms. The molecule has 0 aliphatic carbocycles. The highest BCUT2D eigenvalue weighted by Gasteiger charge is 2.32. The van der Waals surface area contributed by atoms with Crippen LogP contribution in [-0.2, 0) is 17.6 Å². The maximum absolute atomic E-state index is 13.0. The molecular weight excluding hydrogens is 265 g/mol. The van der Waals surface area contributed by atoms with Crippen LogP contribution in [-0.4, -0.2) is 30.8 Å². The Morgan fingerprint density at radius 3 is 1.95 bits per heavy atom. The molecule has 0 aliphatic heterocycles. The third-order valence-corrected chi connectivity index (χ3v) is 3.89. The maximum atomic E-state index is 13.0. The predicted molar refractivity (Wildman–Crippen MR) is 82.7 cm³/mol. The number of carbonyl (C=O) groups excluding carboxylic acids is 1. The van der Waals surface area contributed by atoms with Crippen molar-refractivity contribution in [3.05, 3.63) is 71.5 Å². The summed E-state index contributed by atoms with van der Waals surface area (Å²) in [6, 6.07) is 16.3. The van der Waals surface area contributed by atoms with Crippen molar-refractivity contribution >= 4 is 6.29 Å². The van der Waals surface area contributed by atoms with E-state index in [0.29, 0.717) is 12.8 Å². The molecule has 0 aromatic heterocycles. The Kier molecular flexibility index (Phi) is 4.86. The van der Waals surface area contributed by atoms with Crippen molar-refractivity contribution in [1.29, 1.82) is 0 Å². The molecule has 0 saturated heterocycles. The van der Waals surface area contributed by atoms with Crippen molar-refractivity contribution in [2.45, 2.75) is 18.4 Å². The van der Waals surface area contributed by atoms with Crippen LogP contribution in [0.15, 0.2) is 54.6 Å². The van der Waals surface area contributed by atoms with Crippen molar-refractivity contribution in [3.63, 3.8) is 0 Å². The Hall–Kier alpha value is -2.00. The number of hydrogen-bond acceptors (Lipinski definition) is 2. The highest BCUT2D eigenvalue weighted by molar-refractivity contribution is 5.66. The lowest BCUT2D eigenvalue weighted by molar-refractivity contribution is -0.117. The predicted octanol–water partition coefficient (Wildman–Crippen LogP) is 3.11. The number of benzene rings is 2. The number of nitrogens with zero attached hydrogens (tertiary/aromatic N) is 1. The van der Waals surface area contributed by atoms with Gasteiger partial charge in [0, 0.05) is 0 Å². The van der Waals surface area contributed by atoms with E-state index in [2.05, 4.69) is 0 Å². The lowest BCUT2D eigenvalue weighted by Crippen LogP contribution is -2.49. The third-order valence-electron chi connectivity index (χ3n) is 3.89. The average molecular weight is 285 g/mol. The van der Waals surface area contributed by atoms with Gasteiger partial charge in [-0.05, 0) is 50.2 Å². The molecule has 0 saturated carbocycles. The number of aldehydes is 1. The number of likely N-dealkylation sites (N-methyl/N-ethyl adjacent to an activating group) is 1. The number of rotatable bonds is 6. The Bertz CT molecular complexity index is 580. The summed E-state index contributed by atoms with van der Waals surface area (Å²) in [5.74, 6) is -0.261. The minimum atomic E-state index is -0.626. The van der Waals surface area contributed by atoms with Gasteiger partial charge in [0.1, 0.15) is 12.1 Å². The van der Waals surface area contributed by atoms with Crippen LogP contribution in [0, 0.1) is 5.82 Å². The molecule has 110 valence electrons.